The largest absolute Gasteiger partial charge is 0.457 e. The van der Waals surface area contributed by atoms with E-state index in [1.165, 1.54) is 30.3 Å². The van der Waals surface area contributed by atoms with Crippen molar-refractivity contribution in [1.82, 2.24) is 25.2 Å². The number of benzene rings is 1. The maximum Gasteiger partial charge on any atom is 0.457 e. The van der Waals surface area contributed by atoms with Crippen LogP contribution in [0.5, 0.6) is 0 Å². The molecule has 0 bridgehead atoms. The Bertz CT molecular complexity index is 1480. The Morgan fingerprint density at radius 3 is 2.48 bits per heavy atom. The van der Waals surface area contributed by atoms with E-state index >= 15 is 0 Å². The van der Waals surface area contributed by atoms with Crippen LogP contribution in [0, 0.1) is 0 Å². The first-order valence-electron chi connectivity index (χ1n) is 15.1. The first kappa shape index (κ1) is 39.3. The van der Waals surface area contributed by atoms with E-state index in [4.69, 9.17) is 14.4 Å². The number of rotatable bonds is 19. The Labute approximate surface area is 274 Å². The number of carbonyl (C=O) groups is 2. The fourth-order valence-corrected chi connectivity index (χ4v) is 6.35. The molecule has 1 aliphatic rings. The number of nitrogens with zero attached hydrogens (tertiary/aromatic N) is 6. The summed E-state index contributed by atoms with van der Waals surface area (Å²) in [6.07, 6.45) is 1.15. The van der Waals surface area contributed by atoms with Gasteiger partial charge < -0.3 is 34.5 Å². The number of alkyl halides is 2. The molecule has 2 unspecified atom stereocenters. The number of halogens is 2. The minimum atomic E-state index is -5.01. The predicted octanol–water partition coefficient (Wildman–Crippen LogP) is 2.57. The molecule has 3 rings (SSSR count). The number of likely N-dealkylation sites (tertiary alicyclic amines) is 1. The molecular formula is C27H40F2N6O11P2. The zero-order chi connectivity index (χ0) is 35.5. The van der Waals surface area contributed by atoms with Crippen molar-refractivity contribution in [3.63, 3.8) is 0 Å². The van der Waals surface area contributed by atoms with Gasteiger partial charge in [-0.1, -0.05) is 55.3 Å². The Morgan fingerprint density at radius 2 is 1.81 bits per heavy atom. The van der Waals surface area contributed by atoms with Crippen LogP contribution >= 0.6 is 15.2 Å². The molecule has 268 valence electrons. The highest BCUT2D eigenvalue weighted by atomic mass is 31.2. The smallest absolute Gasteiger partial charge is 0.450 e. The van der Waals surface area contributed by atoms with E-state index < -0.39 is 57.8 Å². The molecular weight excluding hydrogens is 684 g/mol. The summed E-state index contributed by atoms with van der Waals surface area (Å²) in [5.41, 5.74) is -0.310. The highest BCUT2D eigenvalue weighted by Gasteiger charge is 2.40. The summed E-state index contributed by atoms with van der Waals surface area (Å²) in [5, 5.41) is 31.6. The monoisotopic (exact) mass is 724 g/mol. The number of aliphatic hydroxyl groups excluding tert-OH is 2. The molecule has 2 amide bonds. The van der Waals surface area contributed by atoms with Crippen LogP contribution in [0.3, 0.4) is 0 Å². The van der Waals surface area contributed by atoms with Gasteiger partial charge in [0.2, 0.25) is 5.91 Å². The summed E-state index contributed by atoms with van der Waals surface area (Å²) >= 11 is 0. The van der Waals surface area contributed by atoms with Crippen molar-refractivity contribution in [3.05, 3.63) is 53.9 Å². The van der Waals surface area contributed by atoms with Gasteiger partial charge in [-0.15, -0.1) is 10.2 Å². The number of aliphatic hydroxyl groups is 2. The molecule has 21 heteroatoms. The molecule has 2 heterocycles. The van der Waals surface area contributed by atoms with Crippen molar-refractivity contribution in [1.29, 1.82) is 0 Å². The lowest BCUT2D eigenvalue weighted by Gasteiger charge is -2.24. The van der Waals surface area contributed by atoms with E-state index in [1.807, 2.05) is 0 Å². The maximum absolute atomic E-state index is 14.6. The molecule has 0 spiro atoms. The van der Waals surface area contributed by atoms with Crippen LogP contribution < -0.4 is 5.17 Å². The van der Waals surface area contributed by atoms with Crippen molar-refractivity contribution in [2.24, 2.45) is 0 Å². The second-order valence-electron chi connectivity index (χ2n) is 11.0. The SMILES string of the molecule is COC(=O)N(OP(=O)(O)C(O)CCCP(=O)(O)O)n1nnc(CCCCCCN2C(=O)CC[C@@H]2/C=C/[C@@H](O)C(F)(F)c2ccccc2)n1. The van der Waals surface area contributed by atoms with Gasteiger partial charge in [-0.05, 0) is 47.4 Å². The number of ether oxygens (including phenoxy) is 1. The van der Waals surface area contributed by atoms with Crippen LogP contribution in [0.4, 0.5) is 13.6 Å². The molecule has 1 aliphatic heterocycles. The molecule has 1 saturated heterocycles. The molecule has 1 aromatic heterocycles. The summed E-state index contributed by atoms with van der Waals surface area (Å²) in [5.74, 6) is -5.56. The molecule has 4 atom stereocenters. The van der Waals surface area contributed by atoms with Crippen molar-refractivity contribution in [3.8, 4) is 0 Å². The van der Waals surface area contributed by atoms with Crippen LogP contribution in [0.1, 0.15) is 62.8 Å². The number of hydrogen-bond donors (Lipinski definition) is 5. The summed E-state index contributed by atoms with van der Waals surface area (Å²) in [6, 6.07) is 6.59. The number of hydroxylamine groups is 1. The lowest BCUT2D eigenvalue weighted by molar-refractivity contribution is -0.128. The van der Waals surface area contributed by atoms with Gasteiger partial charge in [0.05, 0.1) is 13.2 Å². The fourth-order valence-electron chi connectivity index (χ4n) is 4.79. The summed E-state index contributed by atoms with van der Waals surface area (Å²) < 4.78 is 62.0. The third-order valence-corrected chi connectivity index (χ3v) is 9.69. The molecule has 2 aromatic rings. The van der Waals surface area contributed by atoms with E-state index in [9.17, 15) is 42.6 Å². The number of hydrogen-bond acceptors (Lipinski definition) is 11. The molecule has 5 N–H and O–H groups in total. The maximum atomic E-state index is 14.6. The topological polar surface area (TPSA) is 238 Å². The molecule has 0 saturated carbocycles. The normalized spacial score (nSPS) is 18.2. The number of aryl methyl sites for hydroxylation is 1. The molecule has 0 aliphatic carbocycles. The Morgan fingerprint density at radius 1 is 1.12 bits per heavy atom. The van der Waals surface area contributed by atoms with Gasteiger partial charge in [-0.2, -0.15) is 13.4 Å². The number of tetrazole rings is 1. The lowest BCUT2D eigenvalue weighted by atomic mass is 10.0. The van der Waals surface area contributed by atoms with Gasteiger partial charge in [0.15, 0.2) is 11.7 Å². The number of methoxy groups -OCH3 is 1. The van der Waals surface area contributed by atoms with Crippen LogP contribution in [0.15, 0.2) is 42.5 Å². The van der Waals surface area contributed by atoms with Crippen molar-refractivity contribution in [2.75, 3.05) is 25.0 Å². The van der Waals surface area contributed by atoms with Crippen LogP contribution in [-0.4, -0.2) is 99.9 Å². The highest BCUT2D eigenvalue weighted by Crippen LogP contribution is 2.49. The van der Waals surface area contributed by atoms with Crippen molar-refractivity contribution >= 4 is 27.2 Å². The number of carbonyl (C=O) groups excluding carboxylic acids is 2. The second-order valence-corrected chi connectivity index (χ2v) is 14.7. The second kappa shape index (κ2) is 17.5. The van der Waals surface area contributed by atoms with Crippen molar-refractivity contribution < 1.29 is 61.8 Å². The van der Waals surface area contributed by atoms with Gasteiger partial charge in [-0.3, -0.25) is 13.9 Å². The zero-order valence-corrected chi connectivity index (χ0v) is 27.9. The number of unbranched alkanes of at least 4 members (excludes halogenated alkanes) is 3. The first-order valence-corrected chi connectivity index (χ1v) is 18.5. The van der Waals surface area contributed by atoms with Crippen LogP contribution in [0.25, 0.3) is 0 Å². The minimum absolute atomic E-state index is 0.0726. The van der Waals surface area contributed by atoms with E-state index in [-0.39, 0.29) is 41.7 Å². The minimum Gasteiger partial charge on any atom is -0.450 e. The Balaban J connectivity index is 1.46. The Hall–Kier alpha value is -3.15. The molecule has 17 nitrogen and oxygen atoms in total. The molecule has 1 fully saturated rings. The molecule has 0 radical (unpaired) electrons. The quantitative estimate of drug-likeness (QED) is 0.0606. The van der Waals surface area contributed by atoms with E-state index in [0.717, 1.165) is 13.2 Å². The zero-order valence-electron chi connectivity index (χ0n) is 26.1. The average molecular weight is 725 g/mol. The highest BCUT2D eigenvalue weighted by molar-refractivity contribution is 7.53. The number of aromatic nitrogens is 4. The average Bonchev–Trinajstić information content (AvgIpc) is 3.65. The van der Waals surface area contributed by atoms with Gasteiger partial charge in [-0.25, -0.2) is 4.79 Å². The van der Waals surface area contributed by atoms with Crippen LogP contribution in [0.2, 0.25) is 0 Å². The Kier molecular flexibility index (Phi) is 14.3. The lowest BCUT2D eigenvalue weighted by Crippen LogP contribution is -2.42. The fraction of sp³-hybridized carbons (Fsp3) is 0.593. The third-order valence-electron chi connectivity index (χ3n) is 7.39. The molecule has 1 aromatic carbocycles. The van der Waals surface area contributed by atoms with Crippen molar-refractivity contribution in [2.45, 2.75) is 81.7 Å². The first-order chi connectivity index (χ1) is 22.5. The van der Waals surface area contributed by atoms with Gasteiger partial charge in [0.25, 0.3) is 0 Å². The standard InChI is InChI=1S/C27H40F2N6O11P2/c1-45-26(39)34(46-48(43,44)25(38)13-9-19-47(40,41)42)35-31-23(30-32-35)12-7-2-3-8-18-33-21(15-17-24(33)37)14-16-22(36)27(28,29)20-10-5-4-6-11-20/h4-6,10-11,14,16,21-22,25,36,38H,2-3,7-9,12-13,15,17-19H2,1H3,(H,43,44)(H2,40,41,42)/b16-14+/t21-,22+,25?/m0/s1. The third kappa shape index (κ3) is 11.5. The summed E-state index contributed by atoms with van der Waals surface area (Å²) in [4.78, 5) is 54.6. The molecule has 48 heavy (non-hydrogen) atoms. The van der Waals surface area contributed by atoms with Gasteiger partial charge >= 0.3 is 27.2 Å². The summed E-state index contributed by atoms with van der Waals surface area (Å²) in [7, 11) is -8.46. The van der Waals surface area contributed by atoms with E-state index in [0.29, 0.717) is 43.6 Å². The van der Waals surface area contributed by atoms with Gasteiger partial charge in [0.1, 0.15) is 6.10 Å². The van der Waals surface area contributed by atoms with Crippen LogP contribution in [-0.2, 0) is 35.6 Å². The van der Waals surface area contributed by atoms with E-state index in [2.05, 4.69) is 20.1 Å². The predicted molar refractivity (Wildman–Crippen MR) is 164 cm³/mol. The van der Waals surface area contributed by atoms with Gasteiger partial charge in [0, 0.05) is 31.1 Å². The number of amides is 2. The van der Waals surface area contributed by atoms with E-state index in [1.54, 1.807) is 11.0 Å². The summed E-state index contributed by atoms with van der Waals surface area (Å²) in [6.45, 7) is 0.394.